The second-order valence-corrected chi connectivity index (χ2v) is 3.21. The molecule has 0 bridgehead atoms. The van der Waals surface area contributed by atoms with Crippen LogP contribution in [0, 0.1) is 0 Å². The zero-order valence-electron chi connectivity index (χ0n) is 8.32. The van der Waals surface area contributed by atoms with E-state index in [1.54, 1.807) is 0 Å². The molecule has 0 saturated carbocycles. The summed E-state index contributed by atoms with van der Waals surface area (Å²) in [6.45, 7) is -0.00202. The maximum Gasteiger partial charge on any atom is 0.325 e. The molecular weight excluding hydrogens is 234 g/mol. The molecule has 0 saturated heterocycles. The Balaban J connectivity index is 2.28. The summed E-state index contributed by atoms with van der Waals surface area (Å²) in [5, 5.41) is 2.85. The van der Waals surface area contributed by atoms with Gasteiger partial charge in [-0.15, -0.1) is 0 Å². The van der Waals surface area contributed by atoms with Crippen LogP contribution in [0.1, 0.15) is 0 Å². The van der Waals surface area contributed by atoms with E-state index in [1.165, 1.54) is 13.4 Å². The first-order chi connectivity index (χ1) is 7.70. The Morgan fingerprint density at radius 2 is 2.44 bits per heavy atom. The number of ether oxygens (including phenoxy) is 1. The first-order valence-corrected chi connectivity index (χ1v) is 4.76. The number of methoxy groups -OCH3 is 1. The molecular formula is C8H8ClN5O2. The van der Waals surface area contributed by atoms with Gasteiger partial charge in [0.15, 0.2) is 11.5 Å². The van der Waals surface area contributed by atoms with Crippen molar-refractivity contribution in [2.24, 2.45) is 0 Å². The van der Waals surface area contributed by atoms with Crippen molar-refractivity contribution in [3.8, 4) is 0 Å². The molecule has 84 valence electrons. The van der Waals surface area contributed by atoms with Gasteiger partial charge in [-0.05, 0) is 11.6 Å². The van der Waals surface area contributed by atoms with Gasteiger partial charge in [-0.25, -0.2) is 4.98 Å². The lowest BCUT2D eigenvalue weighted by Crippen LogP contribution is -2.16. The van der Waals surface area contributed by atoms with Gasteiger partial charge in [-0.2, -0.15) is 9.97 Å². The Morgan fingerprint density at radius 1 is 1.62 bits per heavy atom. The molecule has 2 N–H and O–H groups in total. The van der Waals surface area contributed by atoms with Gasteiger partial charge in [0.05, 0.1) is 13.4 Å². The van der Waals surface area contributed by atoms with Crippen LogP contribution in [0.25, 0.3) is 11.2 Å². The van der Waals surface area contributed by atoms with Crippen molar-refractivity contribution >= 4 is 34.6 Å². The highest BCUT2D eigenvalue weighted by Gasteiger charge is 2.09. The zero-order chi connectivity index (χ0) is 11.5. The van der Waals surface area contributed by atoms with Crippen LogP contribution in [0.2, 0.25) is 5.28 Å². The quantitative estimate of drug-likeness (QED) is 0.604. The van der Waals surface area contributed by atoms with Crippen LogP contribution in [0.5, 0.6) is 0 Å². The normalized spacial score (nSPS) is 10.4. The number of carbonyl (C=O) groups excluding carboxylic acids is 1. The molecule has 2 heterocycles. The number of carbonyl (C=O) groups is 1. The fourth-order valence-corrected chi connectivity index (χ4v) is 1.33. The van der Waals surface area contributed by atoms with E-state index in [1.807, 2.05) is 0 Å². The SMILES string of the molecule is COC(=O)CNc1nc(Cl)nc2nc[nH]c12. The van der Waals surface area contributed by atoms with Crippen molar-refractivity contribution in [2.45, 2.75) is 0 Å². The Bertz CT molecular complexity index is 526. The van der Waals surface area contributed by atoms with E-state index >= 15 is 0 Å². The molecule has 2 rings (SSSR count). The molecule has 0 fully saturated rings. The minimum Gasteiger partial charge on any atom is -0.468 e. The van der Waals surface area contributed by atoms with Gasteiger partial charge < -0.3 is 15.0 Å². The predicted molar refractivity (Wildman–Crippen MR) is 57.2 cm³/mol. The van der Waals surface area contributed by atoms with Gasteiger partial charge in [0.25, 0.3) is 0 Å². The largest absolute Gasteiger partial charge is 0.468 e. The zero-order valence-corrected chi connectivity index (χ0v) is 9.08. The highest BCUT2D eigenvalue weighted by atomic mass is 35.5. The summed E-state index contributed by atoms with van der Waals surface area (Å²) in [4.78, 5) is 25.6. The summed E-state index contributed by atoms with van der Waals surface area (Å²) in [6, 6.07) is 0. The highest BCUT2D eigenvalue weighted by Crippen LogP contribution is 2.17. The van der Waals surface area contributed by atoms with E-state index in [9.17, 15) is 4.79 Å². The number of hydrogen-bond donors (Lipinski definition) is 2. The number of nitrogens with zero attached hydrogens (tertiary/aromatic N) is 3. The van der Waals surface area contributed by atoms with Crippen LogP contribution in [0.15, 0.2) is 6.33 Å². The molecule has 0 aliphatic heterocycles. The Morgan fingerprint density at radius 3 is 3.19 bits per heavy atom. The van der Waals surface area contributed by atoms with Crippen molar-refractivity contribution in [2.75, 3.05) is 19.0 Å². The number of nitrogens with one attached hydrogen (secondary N) is 2. The van der Waals surface area contributed by atoms with E-state index in [0.717, 1.165) is 0 Å². The molecule has 0 unspecified atom stereocenters. The van der Waals surface area contributed by atoms with Gasteiger partial charge in [-0.1, -0.05) is 0 Å². The number of aromatic amines is 1. The topological polar surface area (TPSA) is 92.8 Å². The molecule has 0 aliphatic rings. The minimum atomic E-state index is -0.401. The second-order valence-electron chi connectivity index (χ2n) is 2.87. The van der Waals surface area contributed by atoms with Crippen LogP contribution >= 0.6 is 11.6 Å². The molecule has 7 nitrogen and oxygen atoms in total. The highest BCUT2D eigenvalue weighted by molar-refractivity contribution is 6.28. The molecule has 0 spiro atoms. The Hall–Kier alpha value is -1.89. The number of esters is 1. The summed E-state index contributed by atoms with van der Waals surface area (Å²) in [5.74, 6) is 0.0142. The third-order valence-electron chi connectivity index (χ3n) is 1.89. The molecule has 8 heteroatoms. The summed E-state index contributed by atoms with van der Waals surface area (Å²) < 4.78 is 4.49. The maximum atomic E-state index is 11.0. The minimum absolute atomic E-state index is 0.00202. The smallest absolute Gasteiger partial charge is 0.325 e. The molecule has 0 radical (unpaired) electrons. The van der Waals surface area contributed by atoms with Gasteiger partial charge in [-0.3, -0.25) is 4.79 Å². The number of aromatic nitrogens is 4. The molecule has 0 amide bonds. The van der Waals surface area contributed by atoms with Crippen LogP contribution in [-0.4, -0.2) is 39.6 Å². The van der Waals surface area contributed by atoms with Crippen LogP contribution in [-0.2, 0) is 9.53 Å². The molecule has 0 aliphatic carbocycles. The van der Waals surface area contributed by atoms with E-state index in [4.69, 9.17) is 11.6 Å². The van der Waals surface area contributed by atoms with Crippen LogP contribution in [0.3, 0.4) is 0 Å². The summed E-state index contributed by atoms with van der Waals surface area (Å²) >= 11 is 5.70. The third-order valence-corrected chi connectivity index (χ3v) is 2.06. The Kier molecular flexibility index (Phi) is 2.86. The van der Waals surface area contributed by atoms with Gasteiger partial charge in [0, 0.05) is 0 Å². The number of rotatable bonds is 3. The maximum absolute atomic E-state index is 11.0. The third kappa shape index (κ3) is 2.03. The molecule has 0 aromatic carbocycles. The van der Waals surface area contributed by atoms with Crippen molar-refractivity contribution < 1.29 is 9.53 Å². The predicted octanol–water partition coefficient (Wildman–Crippen LogP) is 0.591. The summed E-state index contributed by atoms with van der Waals surface area (Å²) in [6.07, 6.45) is 1.47. The van der Waals surface area contributed by atoms with Gasteiger partial charge in [0.1, 0.15) is 12.1 Å². The summed E-state index contributed by atoms with van der Waals surface area (Å²) in [5.41, 5.74) is 1.03. The average Bonchev–Trinajstić information content (AvgIpc) is 2.73. The molecule has 16 heavy (non-hydrogen) atoms. The van der Waals surface area contributed by atoms with Gasteiger partial charge >= 0.3 is 5.97 Å². The number of halogens is 1. The van der Waals surface area contributed by atoms with Crippen LogP contribution < -0.4 is 5.32 Å². The average molecular weight is 242 g/mol. The number of H-pyrrole nitrogens is 1. The van der Waals surface area contributed by atoms with Gasteiger partial charge in [0.2, 0.25) is 5.28 Å². The standard InChI is InChI=1S/C8H8ClN5O2/c1-16-4(15)2-10-6-5-7(12-3-11-5)14-8(9)13-6/h3H,2H2,1H3,(H2,10,11,12,13,14). The molecule has 2 aromatic heterocycles. The second kappa shape index (κ2) is 4.31. The van der Waals surface area contributed by atoms with Crippen molar-refractivity contribution in [3.05, 3.63) is 11.6 Å². The molecule has 2 aromatic rings. The van der Waals surface area contributed by atoms with Crippen LogP contribution in [0.4, 0.5) is 5.82 Å². The number of hydrogen-bond acceptors (Lipinski definition) is 6. The lowest BCUT2D eigenvalue weighted by molar-refractivity contribution is -0.138. The number of anilines is 1. The molecule has 0 atom stereocenters. The fraction of sp³-hybridized carbons (Fsp3) is 0.250. The summed E-state index contributed by atoms with van der Waals surface area (Å²) in [7, 11) is 1.31. The number of fused-ring (bicyclic) bond motifs is 1. The number of imidazole rings is 1. The van der Waals surface area contributed by atoms with Crippen molar-refractivity contribution in [1.29, 1.82) is 0 Å². The first-order valence-electron chi connectivity index (χ1n) is 4.38. The monoisotopic (exact) mass is 241 g/mol. The van der Waals surface area contributed by atoms with Crippen molar-refractivity contribution in [3.63, 3.8) is 0 Å². The van der Waals surface area contributed by atoms with E-state index in [0.29, 0.717) is 17.0 Å². The van der Waals surface area contributed by atoms with E-state index in [-0.39, 0.29) is 11.8 Å². The van der Waals surface area contributed by atoms with E-state index in [2.05, 4.69) is 30.0 Å². The van der Waals surface area contributed by atoms with Crippen molar-refractivity contribution in [1.82, 2.24) is 19.9 Å². The lowest BCUT2D eigenvalue weighted by Gasteiger charge is -2.04. The lowest BCUT2D eigenvalue weighted by atomic mass is 10.5. The fourth-order valence-electron chi connectivity index (χ4n) is 1.16. The Labute approximate surface area is 95.2 Å². The first kappa shape index (κ1) is 10.6. The van der Waals surface area contributed by atoms with E-state index < -0.39 is 5.97 Å².